The van der Waals surface area contributed by atoms with Crippen LogP contribution in [0.15, 0.2) is 27.6 Å². The van der Waals surface area contributed by atoms with Crippen LogP contribution in [0.3, 0.4) is 0 Å². The molecule has 0 bridgehead atoms. The van der Waals surface area contributed by atoms with Gasteiger partial charge in [-0.25, -0.2) is 17.2 Å². The predicted molar refractivity (Wildman–Crippen MR) is 122 cm³/mol. The summed E-state index contributed by atoms with van der Waals surface area (Å²) in [5.74, 6) is -4.59. The maximum Gasteiger partial charge on any atom is 0.271 e. The van der Waals surface area contributed by atoms with Crippen LogP contribution in [0.4, 0.5) is 8.78 Å². The van der Waals surface area contributed by atoms with Gasteiger partial charge in [0.15, 0.2) is 9.84 Å². The van der Waals surface area contributed by atoms with Gasteiger partial charge in [-0.05, 0) is 56.7 Å². The molecule has 7 nitrogen and oxygen atoms in total. The Kier molecular flexibility index (Phi) is 7.08. The summed E-state index contributed by atoms with van der Waals surface area (Å²) < 4.78 is 67.6. The topological polar surface area (TPSA) is 105 Å². The number of rotatable bonds is 7. The van der Waals surface area contributed by atoms with Crippen LogP contribution in [0.25, 0.3) is 0 Å². The van der Waals surface area contributed by atoms with Crippen LogP contribution in [0.5, 0.6) is 0 Å². The highest BCUT2D eigenvalue weighted by molar-refractivity contribution is 9.10. The fraction of sp³-hybridized carbons (Fsp3) is 0.652. The highest BCUT2D eigenvalue weighted by Crippen LogP contribution is 2.42. The van der Waals surface area contributed by atoms with Gasteiger partial charge in [0.2, 0.25) is 5.91 Å². The number of sulfone groups is 1. The summed E-state index contributed by atoms with van der Waals surface area (Å²) >= 11 is 3.14. The third-order valence-electron chi connectivity index (χ3n) is 6.82. The number of alkyl halides is 2. The number of nitrogens with one attached hydrogen (secondary N) is 1. The third kappa shape index (κ3) is 5.30. The Morgan fingerprint density at radius 2 is 1.97 bits per heavy atom. The lowest BCUT2D eigenvalue weighted by molar-refractivity contribution is -0.134. The standard InChI is InChI=1S/C23H27BrF2N2O5S/c1-22(25,26)18-10-14(24)2-3-20(18)34(30,31)16-11-17(21(29)28-23(13-27)6-7-23)19(12-16)33-15-4-8-32-9-5-15/h2-3,10,15-17,19H,4-9,11-12H2,1H3,(H,28,29). The second-order valence-corrected chi connectivity index (χ2v) is 12.6. The molecule has 0 spiro atoms. The zero-order valence-electron chi connectivity index (χ0n) is 18.7. The van der Waals surface area contributed by atoms with Crippen molar-refractivity contribution in [2.75, 3.05) is 13.2 Å². The summed E-state index contributed by atoms with van der Waals surface area (Å²) in [4.78, 5) is 12.7. The summed E-state index contributed by atoms with van der Waals surface area (Å²) in [7, 11) is -4.19. The average molecular weight is 561 g/mol. The zero-order chi connectivity index (χ0) is 24.7. The first-order valence-electron chi connectivity index (χ1n) is 11.3. The molecule has 2 saturated carbocycles. The summed E-state index contributed by atoms with van der Waals surface area (Å²) in [5, 5.41) is 11.0. The van der Waals surface area contributed by atoms with Gasteiger partial charge in [0, 0.05) is 30.2 Å². The first-order chi connectivity index (χ1) is 15.9. The second kappa shape index (κ2) is 9.45. The molecule has 34 heavy (non-hydrogen) atoms. The molecule has 1 N–H and O–H groups in total. The smallest absolute Gasteiger partial charge is 0.271 e. The van der Waals surface area contributed by atoms with Crippen LogP contribution >= 0.6 is 15.9 Å². The van der Waals surface area contributed by atoms with Crippen molar-refractivity contribution in [1.29, 1.82) is 5.26 Å². The van der Waals surface area contributed by atoms with Crippen molar-refractivity contribution in [3.05, 3.63) is 28.2 Å². The Bertz CT molecular complexity index is 1090. The minimum Gasteiger partial charge on any atom is -0.381 e. The molecule has 0 radical (unpaired) electrons. The van der Waals surface area contributed by atoms with Crippen molar-refractivity contribution >= 4 is 31.7 Å². The van der Waals surface area contributed by atoms with Crippen molar-refractivity contribution in [1.82, 2.24) is 5.32 Å². The van der Waals surface area contributed by atoms with Gasteiger partial charge in [-0.2, -0.15) is 5.26 Å². The fourth-order valence-electron chi connectivity index (χ4n) is 4.68. The molecule has 3 atom stereocenters. The van der Waals surface area contributed by atoms with Gasteiger partial charge in [0.05, 0.1) is 34.3 Å². The van der Waals surface area contributed by atoms with E-state index in [1.54, 1.807) is 0 Å². The van der Waals surface area contributed by atoms with E-state index < -0.39 is 54.9 Å². The van der Waals surface area contributed by atoms with E-state index in [1.807, 2.05) is 0 Å². The SMILES string of the molecule is CC(F)(F)c1cc(Br)ccc1S(=O)(=O)C1CC(OC2CCOCC2)C(C(=O)NC2(C#N)CC2)C1. The first-order valence-corrected chi connectivity index (χ1v) is 13.7. The van der Waals surface area contributed by atoms with E-state index in [0.29, 0.717) is 50.3 Å². The molecule has 0 aromatic heterocycles. The number of ether oxygens (including phenoxy) is 2. The molecule has 1 aromatic rings. The number of nitriles is 1. The lowest BCUT2D eigenvalue weighted by Crippen LogP contribution is -2.43. The van der Waals surface area contributed by atoms with Crippen LogP contribution in [0.2, 0.25) is 0 Å². The van der Waals surface area contributed by atoms with Crippen LogP contribution in [-0.2, 0) is 30.0 Å². The predicted octanol–water partition coefficient (Wildman–Crippen LogP) is 3.85. The van der Waals surface area contributed by atoms with Crippen molar-refractivity contribution < 1.29 is 31.5 Å². The van der Waals surface area contributed by atoms with Gasteiger partial charge in [-0.1, -0.05) is 15.9 Å². The highest BCUT2D eigenvalue weighted by atomic mass is 79.9. The van der Waals surface area contributed by atoms with Crippen LogP contribution in [0.1, 0.15) is 51.0 Å². The number of halogens is 3. The Morgan fingerprint density at radius 1 is 1.29 bits per heavy atom. The van der Waals surface area contributed by atoms with E-state index in [9.17, 15) is 27.3 Å². The molecule has 1 aliphatic heterocycles. The van der Waals surface area contributed by atoms with Gasteiger partial charge >= 0.3 is 0 Å². The molecule has 1 aromatic carbocycles. The minimum atomic E-state index is -4.19. The zero-order valence-corrected chi connectivity index (χ0v) is 21.1. The lowest BCUT2D eigenvalue weighted by atomic mass is 10.0. The number of hydrogen-bond donors (Lipinski definition) is 1. The Hall–Kier alpha value is -1.61. The number of carbonyl (C=O) groups excluding carboxylic acids is 1. The fourth-order valence-corrected chi connectivity index (χ4v) is 7.11. The molecule has 2 aliphatic carbocycles. The maximum atomic E-state index is 14.3. The minimum absolute atomic E-state index is 0.0160. The van der Waals surface area contributed by atoms with Gasteiger partial charge < -0.3 is 14.8 Å². The summed E-state index contributed by atoms with van der Waals surface area (Å²) in [6.45, 7) is 1.69. The van der Waals surface area contributed by atoms with E-state index >= 15 is 0 Å². The van der Waals surface area contributed by atoms with Gasteiger partial charge in [-0.3, -0.25) is 4.79 Å². The number of benzene rings is 1. The largest absolute Gasteiger partial charge is 0.381 e. The molecule has 1 amide bonds. The van der Waals surface area contributed by atoms with Crippen LogP contribution in [-0.4, -0.2) is 50.5 Å². The van der Waals surface area contributed by atoms with E-state index in [4.69, 9.17) is 9.47 Å². The average Bonchev–Trinajstić information content (AvgIpc) is 3.42. The molecular formula is C23H27BrF2N2O5S. The molecule has 4 rings (SSSR count). The summed E-state index contributed by atoms with van der Waals surface area (Å²) in [6.07, 6.45) is 1.43. The quantitative estimate of drug-likeness (QED) is 0.543. The number of hydrogen-bond acceptors (Lipinski definition) is 6. The van der Waals surface area contributed by atoms with Crippen LogP contribution in [0, 0.1) is 17.2 Å². The molecule has 1 saturated heterocycles. The first kappa shape index (κ1) is 25.5. The van der Waals surface area contributed by atoms with Crippen molar-refractivity contribution in [3.63, 3.8) is 0 Å². The van der Waals surface area contributed by atoms with E-state index in [-0.39, 0.29) is 18.9 Å². The third-order valence-corrected chi connectivity index (χ3v) is 9.54. The molecule has 3 unspecified atom stereocenters. The monoisotopic (exact) mass is 560 g/mol. The highest BCUT2D eigenvalue weighted by Gasteiger charge is 2.51. The Labute approximate surface area is 206 Å². The normalized spacial score (nSPS) is 27.2. The molecular weight excluding hydrogens is 534 g/mol. The lowest BCUT2D eigenvalue weighted by Gasteiger charge is -2.28. The summed E-state index contributed by atoms with van der Waals surface area (Å²) in [6, 6.07) is 5.82. The van der Waals surface area contributed by atoms with Crippen molar-refractivity contribution in [2.24, 2.45) is 5.92 Å². The van der Waals surface area contributed by atoms with Gasteiger partial charge in [-0.15, -0.1) is 0 Å². The molecule has 1 heterocycles. The van der Waals surface area contributed by atoms with Crippen molar-refractivity contribution in [2.45, 2.75) is 79.3 Å². The van der Waals surface area contributed by atoms with Crippen molar-refractivity contribution in [3.8, 4) is 6.07 Å². The van der Waals surface area contributed by atoms with Gasteiger partial charge in [0.25, 0.3) is 5.92 Å². The Morgan fingerprint density at radius 3 is 2.56 bits per heavy atom. The van der Waals surface area contributed by atoms with E-state index in [2.05, 4.69) is 27.3 Å². The molecule has 3 fully saturated rings. The Balaban J connectivity index is 1.62. The number of amides is 1. The van der Waals surface area contributed by atoms with Crippen LogP contribution < -0.4 is 5.32 Å². The molecule has 186 valence electrons. The summed E-state index contributed by atoms with van der Waals surface area (Å²) in [5.41, 5.74) is -1.49. The number of nitrogens with zero attached hydrogens (tertiary/aromatic N) is 1. The maximum absolute atomic E-state index is 14.3. The molecule has 3 aliphatic rings. The second-order valence-electron chi connectivity index (χ2n) is 9.44. The molecule has 11 heteroatoms. The van der Waals surface area contributed by atoms with Gasteiger partial charge in [0.1, 0.15) is 5.54 Å². The van der Waals surface area contributed by atoms with E-state index in [1.165, 1.54) is 12.1 Å². The number of carbonyl (C=O) groups is 1. The van der Waals surface area contributed by atoms with E-state index in [0.717, 1.165) is 6.07 Å².